The summed E-state index contributed by atoms with van der Waals surface area (Å²) < 4.78 is 23.2. The lowest BCUT2D eigenvalue weighted by atomic mass is 9.75. The molecule has 0 amide bonds. The Morgan fingerprint density at radius 3 is 2.10 bits per heavy atom. The van der Waals surface area contributed by atoms with Gasteiger partial charge in [0.15, 0.2) is 0 Å². The van der Waals surface area contributed by atoms with Crippen LogP contribution in [0.4, 0.5) is 0 Å². The molecule has 0 heterocycles. The first-order valence-corrected chi connectivity index (χ1v) is 9.62. The molecule has 0 bridgehead atoms. The Hall–Kier alpha value is -0.870. The average molecular weight is 311 g/mol. The molecule has 0 spiro atoms. The van der Waals surface area contributed by atoms with Gasteiger partial charge in [0.2, 0.25) is 0 Å². The summed E-state index contributed by atoms with van der Waals surface area (Å²) in [5.41, 5.74) is 1.09. The minimum absolute atomic E-state index is 0.0142. The number of hydrogen-bond donors (Lipinski definition) is 1. The van der Waals surface area contributed by atoms with Crippen molar-refractivity contribution < 1.29 is 8.42 Å². The number of benzene rings is 1. The van der Waals surface area contributed by atoms with Gasteiger partial charge in [0.25, 0.3) is 0 Å². The monoisotopic (exact) mass is 311 g/mol. The Labute approximate surface area is 130 Å². The Morgan fingerprint density at radius 1 is 1.10 bits per heavy atom. The second-order valence-electron chi connectivity index (χ2n) is 6.98. The van der Waals surface area contributed by atoms with Crippen molar-refractivity contribution in [2.24, 2.45) is 0 Å². The summed E-state index contributed by atoms with van der Waals surface area (Å²) in [4.78, 5) is 0. The van der Waals surface area contributed by atoms with Crippen LogP contribution in [0, 0.1) is 0 Å². The Balaban J connectivity index is 3.06. The normalized spacial score (nSPS) is 15.7. The van der Waals surface area contributed by atoms with Gasteiger partial charge in [0.1, 0.15) is 9.84 Å². The summed E-state index contributed by atoms with van der Waals surface area (Å²) >= 11 is 0. The first-order chi connectivity index (χ1) is 9.58. The van der Waals surface area contributed by atoms with E-state index in [0.717, 1.165) is 13.0 Å². The highest BCUT2D eigenvalue weighted by molar-refractivity contribution is 7.90. The van der Waals surface area contributed by atoms with Crippen LogP contribution in [0.2, 0.25) is 0 Å². The summed E-state index contributed by atoms with van der Waals surface area (Å²) in [6.45, 7) is 9.32. The van der Waals surface area contributed by atoms with Crippen LogP contribution < -0.4 is 5.32 Å². The third kappa shape index (κ3) is 6.18. The van der Waals surface area contributed by atoms with Crippen molar-refractivity contribution in [2.75, 3.05) is 18.6 Å². The van der Waals surface area contributed by atoms with Crippen LogP contribution in [0.3, 0.4) is 0 Å². The lowest BCUT2D eigenvalue weighted by molar-refractivity contribution is 0.313. The molecule has 0 saturated carbocycles. The van der Waals surface area contributed by atoms with E-state index in [-0.39, 0.29) is 16.7 Å². The molecule has 120 valence electrons. The average Bonchev–Trinajstić information content (AvgIpc) is 2.38. The van der Waals surface area contributed by atoms with Crippen LogP contribution in [-0.4, -0.2) is 32.5 Å². The topological polar surface area (TPSA) is 46.2 Å². The van der Waals surface area contributed by atoms with Crippen LogP contribution in [-0.2, 0) is 15.3 Å². The maximum absolute atomic E-state index is 11.6. The number of hydrogen-bond acceptors (Lipinski definition) is 3. The van der Waals surface area contributed by atoms with Crippen molar-refractivity contribution in [3.05, 3.63) is 35.9 Å². The maximum atomic E-state index is 11.6. The molecule has 4 heteroatoms. The van der Waals surface area contributed by atoms with E-state index in [1.807, 2.05) is 18.2 Å². The van der Waals surface area contributed by atoms with Gasteiger partial charge in [0, 0.05) is 23.8 Å². The molecule has 0 radical (unpaired) electrons. The van der Waals surface area contributed by atoms with Gasteiger partial charge in [-0.3, -0.25) is 0 Å². The van der Waals surface area contributed by atoms with E-state index in [0.29, 0.717) is 6.42 Å². The Morgan fingerprint density at radius 2 is 1.67 bits per heavy atom. The van der Waals surface area contributed by atoms with E-state index < -0.39 is 9.84 Å². The molecule has 3 nitrogen and oxygen atoms in total. The molecule has 0 aromatic heterocycles. The van der Waals surface area contributed by atoms with Gasteiger partial charge in [-0.2, -0.15) is 0 Å². The minimum atomic E-state index is -2.96. The van der Waals surface area contributed by atoms with Crippen LogP contribution in [0.1, 0.15) is 46.1 Å². The van der Waals surface area contributed by atoms with Gasteiger partial charge < -0.3 is 5.32 Å². The summed E-state index contributed by atoms with van der Waals surface area (Å²) in [5.74, 6) is 0.224. The predicted octanol–water partition coefficient (Wildman–Crippen LogP) is 3.16. The quantitative estimate of drug-likeness (QED) is 0.841. The van der Waals surface area contributed by atoms with Gasteiger partial charge in [-0.25, -0.2) is 8.42 Å². The van der Waals surface area contributed by atoms with E-state index in [9.17, 15) is 8.42 Å². The lowest BCUT2D eigenvalue weighted by Crippen LogP contribution is -2.46. The summed E-state index contributed by atoms with van der Waals surface area (Å²) in [5, 5.41) is 3.55. The van der Waals surface area contributed by atoms with Gasteiger partial charge in [-0.1, -0.05) is 37.3 Å². The Kier molecular flexibility index (Phi) is 6.00. The molecule has 1 N–H and O–H groups in total. The molecule has 21 heavy (non-hydrogen) atoms. The van der Waals surface area contributed by atoms with Crippen molar-refractivity contribution in [2.45, 2.75) is 51.5 Å². The predicted molar refractivity (Wildman–Crippen MR) is 90.5 cm³/mol. The molecule has 1 unspecified atom stereocenters. The van der Waals surface area contributed by atoms with Gasteiger partial charge in [0.05, 0.1) is 5.75 Å². The molecule has 0 aliphatic carbocycles. The maximum Gasteiger partial charge on any atom is 0.147 e. The molecular weight excluding hydrogens is 282 g/mol. The second kappa shape index (κ2) is 6.93. The molecular formula is C17H29NO2S. The van der Waals surface area contributed by atoms with Crippen LogP contribution in [0.15, 0.2) is 30.3 Å². The van der Waals surface area contributed by atoms with Gasteiger partial charge >= 0.3 is 0 Å². The molecule has 0 aliphatic heterocycles. The third-order valence-electron chi connectivity index (χ3n) is 3.97. The first-order valence-electron chi connectivity index (χ1n) is 7.56. The Bertz CT molecular complexity index is 532. The number of nitrogens with one attached hydrogen (secondary N) is 1. The van der Waals surface area contributed by atoms with E-state index in [2.05, 4.69) is 45.1 Å². The zero-order chi connectivity index (χ0) is 16.1. The molecule has 1 atom stereocenters. The fourth-order valence-corrected chi connectivity index (χ4v) is 3.21. The third-order valence-corrected chi connectivity index (χ3v) is 4.92. The lowest BCUT2D eigenvalue weighted by Gasteiger charge is -2.37. The highest BCUT2D eigenvalue weighted by Gasteiger charge is 2.32. The van der Waals surface area contributed by atoms with E-state index >= 15 is 0 Å². The largest absolute Gasteiger partial charge is 0.311 e. The molecule has 1 rings (SSSR count). The standard InChI is InChI=1S/C17H29NO2S/c1-6-17(12-13-21(5,19)20,14-18-16(2,3)4)15-10-8-7-9-11-15/h7-11,18H,6,12-14H2,1-5H3. The van der Waals surface area contributed by atoms with Gasteiger partial charge in [-0.15, -0.1) is 0 Å². The summed E-state index contributed by atoms with van der Waals surface area (Å²) in [6.07, 6.45) is 2.88. The molecule has 0 fully saturated rings. The molecule has 1 aromatic carbocycles. The second-order valence-corrected chi connectivity index (χ2v) is 9.24. The van der Waals surface area contributed by atoms with Gasteiger partial charge in [-0.05, 0) is 39.2 Å². The van der Waals surface area contributed by atoms with E-state index in [4.69, 9.17) is 0 Å². The highest BCUT2D eigenvalue weighted by Crippen LogP contribution is 2.32. The fourth-order valence-electron chi connectivity index (χ4n) is 2.45. The van der Waals surface area contributed by atoms with E-state index in [1.165, 1.54) is 11.8 Å². The summed E-state index contributed by atoms with van der Waals surface area (Å²) in [7, 11) is -2.96. The fraction of sp³-hybridized carbons (Fsp3) is 0.647. The zero-order valence-electron chi connectivity index (χ0n) is 13.9. The number of sulfone groups is 1. The summed E-state index contributed by atoms with van der Waals surface area (Å²) in [6, 6.07) is 10.3. The molecule has 1 aromatic rings. The van der Waals surface area contributed by atoms with Crippen molar-refractivity contribution >= 4 is 9.84 Å². The SMILES string of the molecule is CCC(CCS(C)(=O)=O)(CNC(C)(C)C)c1ccccc1. The van der Waals surface area contributed by atoms with Crippen molar-refractivity contribution in [3.63, 3.8) is 0 Å². The first kappa shape index (κ1) is 18.2. The van der Waals surface area contributed by atoms with Crippen molar-refractivity contribution in [1.29, 1.82) is 0 Å². The molecule has 0 aliphatic rings. The van der Waals surface area contributed by atoms with Crippen molar-refractivity contribution in [1.82, 2.24) is 5.32 Å². The van der Waals surface area contributed by atoms with Crippen LogP contribution >= 0.6 is 0 Å². The van der Waals surface area contributed by atoms with Crippen LogP contribution in [0.25, 0.3) is 0 Å². The molecule has 0 saturated heterocycles. The number of rotatable bonds is 7. The smallest absolute Gasteiger partial charge is 0.147 e. The van der Waals surface area contributed by atoms with Crippen LogP contribution in [0.5, 0.6) is 0 Å². The minimum Gasteiger partial charge on any atom is -0.311 e. The van der Waals surface area contributed by atoms with Crippen molar-refractivity contribution in [3.8, 4) is 0 Å². The van der Waals surface area contributed by atoms with E-state index in [1.54, 1.807) is 0 Å². The highest BCUT2D eigenvalue weighted by atomic mass is 32.2. The zero-order valence-corrected chi connectivity index (χ0v) is 14.8.